The summed E-state index contributed by atoms with van der Waals surface area (Å²) in [4.78, 5) is 14.0. The molecule has 1 heterocycles. The van der Waals surface area contributed by atoms with E-state index in [9.17, 15) is 4.79 Å². The molecule has 0 bridgehead atoms. The average molecular weight is 268 g/mol. The molecule has 1 saturated heterocycles. The van der Waals surface area contributed by atoms with E-state index >= 15 is 0 Å². The van der Waals surface area contributed by atoms with Crippen molar-refractivity contribution in [3.05, 3.63) is 0 Å². The lowest BCUT2D eigenvalue weighted by Crippen LogP contribution is -2.53. The van der Waals surface area contributed by atoms with Crippen molar-refractivity contribution in [2.45, 2.75) is 83.5 Å². The summed E-state index contributed by atoms with van der Waals surface area (Å²) in [6.45, 7) is 8.68. The number of ether oxygens (including phenoxy) is 1. The van der Waals surface area contributed by atoms with E-state index in [0.717, 1.165) is 25.4 Å². The maximum atomic E-state index is 12.1. The fraction of sp³-hybridized carbons (Fsp3) is 0.933. The minimum absolute atomic E-state index is 0.165. The molecule has 2 aliphatic rings. The summed E-state index contributed by atoms with van der Waals surface area (Å²) in [5.74, 6) is 0. The molecular formula is C15H28N2O2. The van der Waals surface area contributed by atoms with Crippen LogP contribution in [0.25, 0.3) is 0 Å². The first-order valence-electron chi connectivity index (χ1n) is 7.61. The van der Waals surface area contributed by atoms with E-state index in [0.29, 0.717) is 6.04 Å². The molecule has 1 aliphatic heterocycles. The molecule has 1 saturated carbocycles. The zero-order valence-electron chi connectivity index (χ0n) is 12.7. The minimum Gasteiger partial charge on any atom is -0.444 e. The Bertz CT molecular complexity index is 321. The van der Waals surface area contributed by atoms with Gasteiger partial charge in [0.05, 0.1) is 0 Å². The molecule has 19 heavy (non-hydrogen) atoms. The zero-order valence-corrected chi connectivity index (χ0v) is 12.7. The fourth-order valence-electron chi connectivity index (χ4n) is 2.82. The van der Waals surface area contributed by atoms with Crippen LogP contribution in [0, 0.1) is 0 Å². The Morgan fingerprint density at radius 3 is 2.37 bits per heavy atom. The Morgan fingerprint density at radius 1 is 1.21 bits per heavy atom. The lowest BCUT2D eigenvalue weighted by molar-refractivity contribution is 0.00858. The number of rotatable bonds is 2. The number of piperidine rings is 1. The van der Waals surface area contributed by atoms with Crippen LogP contribution < -0.4 is 5.32 Å². The van der Waals surface area contributed by atoms with Gasteiger partial charge in [-0.1, -0.05) is 6.42 Å². The highest BCUT2D eigenvalue weighted by Crippen LogP contribution is 2.24. The summed E-state index contributed by atoms with van der Waals surface area (Å²) < 4.78 is 5.46. The number of likely N-dealkylation sites (tertiary alicyclic amines) is 1. The summed E-state index contributed by atoms with van der Waals surface area (Å²) in [7, 11) is 0. The SMILES string of the molecule is CC1CC(NC2CCC2)CCN1C(=O)OC(C)(C)C. The largest absolute Gasteiger partial charge is 0.444 e. The third-order valence-electron chi connectivity index (χ3n) is 4.08. The first-order valence-corrected chi connectivity index (χ1v) is 7.61. The second kappa shape index (κ2) is 5.70. The van der Waals surface area contributed by atoms with E-state index in [2.05, 4.69) is 12.2 Å². The van der Waals surface area contributed by atoms with Crippen LogP contribution in [0.4, 0.5) is 4.79 Å². The molecule has 0 spiro atoms. The number of hydrogen-bond donors (Lipinski definition) is 1. The predicted octanol–water partition coefficient (Wildman–Crippen LogP) is 2.92. The van der Waals surface area contributed by atoms with Gasteiger partial charge in [0, 0.05) is 24.7 Å². The summed E-state index contributed by atoms with van der Waals surface area (Å²) in [6.07, 6.45) is 5.92. The summed E-state index contributed by atoms with van der Waals surface area (Å²) in [5.41, 5.74) is -0.405. The van der Waals surface area contributed by atoms with Crippen molar-refractivity contribution >= 4 is 6.09 Å². The molecule has 2 atom stereocenters. The number of nitrogens with one attached hydrogen (secondary N) is 1. The first kappa shape index (κ1) is 14.6. The van der Waals surface area contributed by atoms with Crippen molar-refractivity contribution in [1.82, 2.24) is 10.2 Å². The highest BCUT2D eigenvalue weighted by atomic mass is 16.6. The molecule has 2 fully saturated rings. The monoisotopic (exact) mass is 268 g/mol. The van der Waals surface area contributed by atoms with Gasteiger partial charge in [-0.2, -0.15) is 0 Å². The van der Waals surface area contributed by atoms with E-state index in [1.165, 1.54) is 19.3 Å². The van der Waals surface area contributed by atoms with Gasteiger partial charge in [0.15, 0.2) is 0 Å². The molecule has 4 nitrogen and oxygen atoms in total. The molecule has 110 valence electrons. The number of amides is 1. The maximum Gasteiger partial charge on any atom is 0.410 e. The molecule has 0 aromatic carbocycles. The van der Waals surface area contributed by atoms with Crippen LogP contribution in [-0.2, 0) is 4.74 Å². The Labute approximate surface area is 116 Å². The highest BCUT2D eigenvalue weighted by molar-refractivity contribution is 5.68. The Balaban J connectivity index is 1.80. The van der Waals surface area contributed by atoms with Gasteiger partial charge in [-0.25, -0.2) is 4.79 Å². The summed E-state index contributed by atoms with van der Waals surface area (Å²) in [6, 6.07) is 1.56. The Hall–Kier alpha value is -0.770. The van der Waals surface area contributed by atoms with Crippen LogP contribution in [0.15, 0.2) is 0 Å². The molecular weight excluding hydrogens is 240 g/mol. The van der Waals surface area contributed by atoms with Gasteiger partial charge in [-0.15, -0.1) is 0 Å². The topological polar surface area (TPSA) is 41.6 Å². The van der Waals surface area contributed by atoms with Crippen molar-refractivity contribution in [1.29, 1.82) is 0 Å². The number of carbonyl (C=O) groups is 1. The van der Waals surface area contributed by atoms with Crippen molar-refractivity contribution < 1.29 is 9.53 Å². The van der Waals surface area contributed by atoms with Crippen LogP contribution in [-0.4, -0.2) is 41.3 Å². The van der Waals surface area contributed by atoms with Crippen molar-refractivity contribution in [2.24, 2.45) is 0 Å². The van der Waals surface area contributed by atoms with Crippen molar-refractivity contribution in [2.75, 3.05) is 6.54 Å². The van der Waals surface area contributed by atoms with Gasteiger partial charge in [-0.05, 0) is 53.4 Å². The van der Waals surface area contributed by atoms with Gasteiger partial charge in [-0.3, -0.25) is 0 Å². The van der Waals surface area contributed by atoms with E-state index in [1.807, 2.05) is 25.7 Å². The van der Waals surface area contributed by atoms with Gasteiger partial charge >= 0.3 is 6.09 Å². The average Bonchev–Trinajstić information content (AvgIpc) is 2.21. The second-order valence-electron chi connectivity index (χ2n) is 7.04. The minimum atomic E-state index is -0.405. The number of carbonyl (C=O) groups excluding carboxylic acids is 1. The molecule has 0 radical (unpaired) electrons. The van der Waals surface area contributed by atoms with Crippen LogP contribution in [0.5, 0.6) is 0 Å². The molecule has 1 N–H and O–H groups in total. The van der Waals surface area contributed by atoms with E-state index < -0.39 is 5.60 Å². The summed E-state index contributed by atoms with van der Waals surface area (Å²) >= 11 is 0. The van der Waals surface area contributed by atoms with Gasteiger partial charge in [0.2, 0.25) is 0 Å². The van der Waals surface area contributed by atoms with E-state index in [1.54, 1.807) is 0 Å². The Kier molecular flexibility index (Phi) is 4.39. The Morgan fingerprint density at radius 2 is 1.89 bits per heavy atom. The van der Waals surface area contributed by atoms with Crippen LogP contribution in [0.1, 0.15) is 59.8 Å². The third-order valence-corrected chi connectivity index (χ3v) is 4.08. The normalized spacial score (nSPS) is 28.9. The fourth-order valence-corrected chi connectivity index (χ4v) is 2.82. The van der Waals surface area contributed by atoms with Crippen LogP contribution >= 0.6 is 0 Å². The molecule has 2 rings (SSSR count). The third kappa shape index (κ3) is 4.10. The van der Waals surface area contributed by atoms with E-state index in [-0.39, 0.29) is 12.1 Å². The number of nitrogens with zero attached hydrogens (tertiary/aromatic N) is 1. The summed E-state index contributed by atoms with van der Waals surface area (Å²) in [5, 5.41) is 3.71. The molecule has 1 amide bonds. The molecule has 0 aromatic rings. The number of hydrogen-bond acceptors (Lipinski definition) is 3. The second-order valence-corrected chi connectivity index (χ2v) is 7.04. The van der Waals surface area contributed by atoms with Crippen molar-refractivity contribution in [3.8, 4) is 0 Å². The van der Waals surface area contributed by atoms with Crippen LogP contribution in [0.2, 0.25) is 0 Å². The lowest BCUT2D eigenvalue weighted by Gasteiger charge is -2.41. The van der Waals surface area contributed by atoms with Gasteiger partial charge in [0.1, 0.15) is 5.60 Å². The highest BCUT2D eigenvalue weighted by Gasteiger charge is 2.33. The lowest BCUT2D eigenvalue weighted by atomic mass is 9.90. The maximum absolute atomic E-state index is 12.1. The zero-order chi connectivity index (χ0) is 14.0. The molecule has 4 heteroatoms. The van der Waals surface area contributed by atoms with Crippen LogP contribution in [0.3, 0.4) is 0 Å². The van der Waals surface area contributed by atoms with Crippen molar-refractivity contribution in [3.63, 3.8) is 0 Å². The standard InChI is InChI=1S/C15H28N2O2/c1-11-10-13(16-12-6-5-7-12)8-9-17(11)14(18)19-15(2,3)4/h11-13,16H,5-10H2,1-4H3. The molecule has 1 aliphatic carbocycles. The van der Waals surface area contributed by atoms with E-state index in [4.69, 9.17) is 4.74 Å². The predicted molar refractivity (Wildman–Crippen MR) is 76.2 cm³/mol. The smallest absolute Gasteiger partial charge is 0.410 e. The molecule has 2 unspecified atom stereocenters. The van der Waals surface area contributed by atoms with Gasteiger partial charge < -0.3 is 15.0 Å². The van der Waals surface area contributed by atoms with Gasteiger partial charge in [0.25, 0.3) is 0 Å². The first-order chi connectivity index (χ1) is 8.85. The quantitative estimate of drug-likeness (QED) is 0.837. The molecule has 0 aromatic heterocycles.